The molecule has 1 aromatic carbocycles. The lowest BCUT2D eigenvalue weighted by molar-refractivity contribution is 0.115. The molecule has 1 aliphatic heterocycles. The fourth-order valence-corrected chi connectivity index (χ4v) is 2.47. The van der Waals surface area contributed by atoms with Crippen LogP contribution in [0.5, 0.6) is 5.75 Å². The van der Waals surface area contributed by atoms with E-state index in [1.54, 1.807) is 0 Å². The number of hydrogen-bond donors (Lipinski definition) is 1. The summed E-state index contributed by atoms with van der Waals surface area (Å²) in [7, 11) is 2.11. The average molecular weight is 259 g/mol. The van der Waals surface area contributed by atoms with Crippen molar-refractivity contribution in [1.82, 2.24) is 14.9 Å². The molecule has 1 saturated heterocycles. The topological polar surface area (TPSA) is 58.2 Å². The Morgan fingerprint density at radius 2 is 2.16 bits per heavy atom. The second kappa shape index (κ2) is 5.01. The van der Waals surface area contributed by atoms with Crippen LogP contribution in [0.1, 0.15) is 12.8 Å². The third-order valence-corrected chi connectivity index (χ3v) is 3.59. The van der Waals surface area contributed by atoms with E-state index in [2.05, 4.69) is 21.9 Å². The Hall–Kier alpha value is -1.88. The summed E-state index contributed by atoms with van der Waals surface area (Å²) in [5.74, 6) is 0.640. The predicted molar refractivity (Wildman–Crippen MR) is 73.5 cm³/mol. The molecule has 0 saturated carbocycles. The molecular weight excluding hydrogens is 242 g/mol. The Labute approximate surface area is 111 Å². The van der Waals surface area contributed by atoms with Crippen LogP contribution in [0.3, 0.4) is 0 Å². The maximum Gasteiger partial charge on any atom is 0.262 e. The van der Waals surface area contributed by atoms with Crippen molar-refractivity contribution in [2.75, 3.05) is 20.1 Å². The van der Waals surface area contributed by atoms with Crippen molar-refractivity contribution < 1.29 is 4.74 Å². The molecule has 0 bridgehead atoms. The van der Waals surface area contributed by atoms with Crippen LogP contribution in [0.25, 0.3) is 10.9 Å². The molecular formula is C14H17N3O2. The van der Waals surface area contributed by atoms with Gasteiger partial charge in [-0.25, -0.2) is 4.98 Å². The second-order valence-corrected chi connectivity index (χ2v) is 5.00. The van der Waals surface area contributed by atoms with Crippen molar-refractivity contribution in [3.63, 3.8) is 0 Å². The summed E-state index contributed by atoms with van der Waals surface area (Å²) >= 11 is 0. The lowest BCUT2D eigenvalue weighted by atomic mass is 10.1. The minimum atomic E-state index is -0.145. The summed E-state index contributed by atoms with van der Waals surface area (Å²) in [6.45, 7) is 2.06. The van der Waals surface area contributed by atoms with Gasteiger partial charge in [-0.15, -0.1) is 0 Å². The number of piperidine rings is 1. The third-order valence-electron chi connectivity index (χ3n) is 3.59. The number of aromatic amines is 1. The van der Waals surface area contributed by atoms with Gasteiger partial charge in [-0.05, 0) is 32.0 Å². The van der Waals surface area contributed by atoms with E-state index in [0.29, 0.717) is 16.7 Å². The van der Waals surface area contributed by atoms with Crippen molar-refractivity contribution >= 4 is 10.9 Å². The largest absolute Gasteiger partial charge is 0.489 e. The monoisotopic (exact) mass is 259 g/mol. The Morgan fingerprint density at radius 3 is 2.95 bits per heavy atom. The Balaban J connectivity index is 1.91. The van der Waals surface area contributed by atoms with Crippen molar-refractivity contribution in [3.8, 4) is 5.75 Å². The van der Waals surface area contributed by atoms with E-state index >= 15 is 0 Å². The number of rotatable bonds is 2. The lowest BCUT2D eigenvalue weighted by Crippen LogP contribution is -2.35. The van der Waals surface area contributed by atoms with E-state index in [9.17, 15) is 4.79 Å². The first kappa shape index (κ1) is 12.2. The van der Waals surface area contributed by atoms with E-state index in [1.165, 1.54) is 6.33 Å². The number of fused-ring (bicyclic) bond motifs is 1. The molecule has 1 aliphatic rings. The average Bonchev–Trinajstić information content (AvgIpc) is 2.42. The maximum atomic E-state index is 11.9. The highest BCUT2D eigenvalue weighted by Gasteiger charge is 2.19. The van der Waals surface area contributed by atoms with Crippen LogP contribution in [0.2, 0.25) is 0 Å². The molecule has 100 valence electrons. The zero-order chi connectivity index (χ0) is 13.2. The number of hydrogen-bond acceptors (Lipinski definition) is 4. The molecule has 5 heteroatoms. The number of ether oxygens (including phenoxy) is 1. The first-order chi connectivity index (χ1) is 9.24. The van der Waals surface area contributed by atoms with Gasteiger partial charge in [0, 0.05) is 13.1 Å². The van der Waals surface area contributed by atoms with Crippen LogP contribution in [-0.4, -0.2) is 41.1 Å². The Kier molecular flexibility index (Phi) is 3.21. The molecule has 1 N–H and O–H groups in total. The lowest BCUT2D eigenvalue weighted by Gasteiger charge is -2.29. The second-order valence-electron chi connectivity index (χ2n) is 5.00. The summed E-state index contributed by atoms with van der Waals surface area (Å²) < 4.78 is 6.01. The minimum absolute atomic E-state index is 0.145. The molecule has 1 fully saturated rings. The molecule has 3 rings (SSSR count). The zero-order valence-electron chi connectivity index (χ0n) is 10.9. The van der Waals surface area contributed by atoms with Gasteiger partial charge in [0.15, 0.2) is 0 Å². The number of likely N-dealkylation sites (tertiary alicyclic amines) is 1. The van der Waals surface area contributed by atoms with E-state index in [1.807, 2.05) is 18.2 Å². The number of aromatic nitrogens is 2. The van der Waals surface area contributed by atoms with Gasteiger partial charge in [0.05, 0.1) is 11.8 Å². The van der Waals surface area contributed by atoms with E-state index in [-0.39, 0.29) is 11.7 Å². The summed E-state index contributed by atoms with van der Waals surface area (Å²) in [5.41, 5.74) is 0.530. The molecule has 0 radical (unpaired) electrons. The number of H-pyrrole nitrogens is 1. The van der Waals surface area contributed by atoms with E-state index in [4.69, 9.17) is 4.74 Å². The first-order valence-electron chi connectivity index (χ1n) is 6.55. The van der Waals surface area contributed by atoms with Gasteiger partial charge in [-0.1, -0.05) is 6.07 Å². The van der Waals surface area contributed by atoms with Crippen molar-refractivity contribution in [2.24, 2.45) is 0 Å². The Bertz CT molecular complexity index is 625. The molecule has 5 nitrogen and oxygen atoms in total. The van der Waals surface area contributed by atoms with E-state index in [0.717, 1.165) is 25.9 Å². The molecule has 0 aliphatic carbocycles. The highest BCUT2D eigenvalue weighted by atomic mass is 16.5. The molecule has 0 atom stereocenters. The van der Waals surface area contributed by atoms with Gasteiger partial charge in [-0.2, -0.15) is 0 Å². The summed E-state index contributed by atoms with van der Waals surface area (Å²) in [5, 5.41) is 0.545. The minimum Gasteiger partial charge on any atom is -0.489 e. The zero-order valence-corrected chi connectivity index (χ0v) is 10.9. The SMILES string of the molecule is CN1CCC(Oc2cccc3nc[nH]c(=O)c23)CC1. The van der Waals surface area contributed by atoms with Crippen LogP contribution >= 0.6 is 0 Å². The molecule has 0 spiro atoms. The predicted octanol–water partition coefficient (Wildman–Crippen LogP) is 1.40. The van der Waals surface area contributed by atoms with Gasteiger partial charge in [0.2, 0.25) is 0 Å². The number of nitrogens with one attached hydrogen (secondary N) is 1. The van der Waals surface area contributed by atoms with E-state index < -0.39 is 0 Å². The first-order valence-corrected chi connectivity index (χ1v) is 6.55. The van der Waals surface area contributed by atoms with Gasteiger partial charge in [0.25, 0.3) is 5.56 Å². The molecule has 0 unspecified atom stereocenters. The standard InChI is InChI=1S/C14H17N3O2/c1-17-7-5-10(6-8-17)19-12-4-2-3-11-13(12)14(18)16-9-15-11/h2-4,9-10H,5-8H2,1H3,(H,15,16,18). The van der Waals surface area contributed by atoms with Crippen LogP contribution in [0, 0.1) is 0 Å². The van der Waals surface area contributed by atoms with Crippen molar-refractivity contribution in [1.29, 1.82) is 0 Å². The van der Waals surface area contributed by atoms with Crippen molar-refractivity contribution in [3.05, 3.63) is 34.9 Å². The normalized spacial score (nSPS) is 17.7. The molecule has 2 aromatic rings. The highest BCUT2D eigenvalue weighted by molar-refractivity contribution is 5.83. The molecule has 2 heterocycles. The van der Waals surface area contributed by atoms with Gasteiger partial charge >= 0.3 is 0 Å². The van der Waals surface area contributed by atoms with Crippen LogP contribution in [0.4, 0.5) is 0 Å². The number of benzene rings is 1. The highest BCUT2D eigenvalue weighted by Crippen LogP contribution is 2.24. The van der Waals surface area contributed by atoms with Gasteiger partial charge in [0.1, 0.15) is 17.2 Å². The fraction of sp³-hybridized carbons (Fsp3) is 0.429. The molecule has 0 amide bonds. The summed E-state index contributed by atoms with van der Waals surface area (Å²) in [6.07, 6.45) is 3.58. The Morgan fingerprint density at radius 1 is 1.37 bits per heavy atom. The van der Waals surface area contributed by atoms with Gasteiger partial charge in [-0.3, -0.25) is 4.79 Å². The summed E-state index contributed by atoms with van der Waals surface area (Å²) in [4.78, 5) is 21.0. The summed E-state index contributed by atoms with van der Waals surface area (Å²) in [6, 6.07) is 5.54. The third kappa shape index (κ3) is 2.46. The van der Waals surface area contributed by atoms with Crippen LogP contribution in [0.15, 0.2) is 29.3 Å². The van der Waals surface area contributed by atoms with Crippen LogP contribution in [-0.2, 0) is 0 Å². The fourth-order valence-electron chi connectivity index (χ4n) is 2.47. The van der Waals surface area contributed by atoms with Crippen molar-refractivity contribution in [2.45, 2.75) is 18.9 Å². The number of nitrogens with zero attached hydrogens (tertiary/aromatic N) is 2. The maximum absolute atomic E-state index is 11.9. The smallest absolute Gasteiger partial charge is 0.262 e. The molecule has 19 heavy (non-hydrogen) atoms. The van der Waals surface area contributed by atoms with Gasteiger partial charge < -0.3 is 14.6 Å². The van der Waals surface area contributed by atoms with Crippen LogP contribution < -0.4 is 10.3 Å². The quantitative estimate of drug-likeness (QED) is 0.885. The molecule has 1 aromatic heterocycles.